The monoisotopic (exact) mass is 150 g/mol. The van der Waals surface area contributed by atoms with Crippen LogP contribution in [0.1, 0.15) is 12.8 Å². The molecule has 0 saturated carbocycles. The zero-order valence-corrected chi connectivity index (χ0v) is 7.14. The fraction of sp³-hybridized carbons (Fsp3) is 1.00. The second kappa shape index (κ2) is 3.32. The smallest absolute Gasteiger partial charge is 0.186 e. The molecule has 0 aliphatic carbocycles. The highest BCUT2D eigenvalue weighted by atomic mass is 28.4. The van der Waals surface area contributed by atoms with Crippen LogP contribution in [0.5, 0.6) is 0 Å². The lowest BCUT2D eigenvalue weighted by molar-refractivity contribution is 0.275. The Morgan fingerprint density at radius 1 is 1.22 bits per heavy atom. The van der Waals surface area contributed by atoms with Crippen LogP contribution in [0, 0.1) is 0 Å². The second-order valence-electron chi connectivity index (χ2n) is 3.07. The first-order valence-corrected chi connectivity index (χ1v) is 6.46. The van der Waals surface area contributed by atoms with E-state index in [-0.39, 0.29) is 4.70 Å². The summed E-state index contributed by atoms with van der Waals surface area (Å²) >= 11 is 0. The molecule has 0 amide bonds. The van der Waals surface area contributed by atoms with Crippen molar-refractivity contribution in [2.75, 3.05) is 6.61 Å². The molecule has 0 unspecified atom stereocenters. The summed E-state index contributed by atoms with van der Waals surface area (Å²) in [7, 11) is -1.09. The van der Waals surface area contributed by atoms with Crippen molar-refractivity contribution in [2.45, 2.75) is 32.0 Å². The summed E-state index contributed by atoms with van der Waals surface area (Å²) in [6, 6.07) is 1.37. The van der Waals surface area contributed by atoms with Crippen molar-refractivity contribution in [3.05, 3.63) is 0 Å². The van der Waals surface area contributed by atoms with Crippen LogP contribution in [0.25, 0.3) is 0 Å². The lowest BCUT2D eigenvalue weighted by atomic mass is 10.4. The first-order chi connectivity index (χ1) is 3.71. The van der Waals surface area contributed by atoms with Crippen molar-refractivity contribution >= 4 is 8.32 Å². The second-order valence-corrected chi connectivity index (χ2v) is 7.37. The zero-order chi connectivity index (χ0) is 6.04. The molecule has 1 aliphatic heterocycles. The van der Waals surface area contributed by atoms with Crippen LogP contribution in [0.15, 0.2) is 0 Å². The minimum atomic E-state index is -1.09. The predicted octanol–water partition coefficient (Wildman–Crippen LogP) is 2.15. The Labute approximate surface area is 56.9 Å². The summed E-state index contributed by atoms with van der Waals surface area (Å²) in [6.45, 7) is 5.62. The Balaban J connectivity index is 0.000000640. The Bertz CT molecular complexity index is 77.1. The molecule has 1 aliphatic rings. The van der Waals surface area contributed by atoms with Gasteiger partial charge in [0.25, 0.3) is 0 Å². The standard InChI is InChI=1S/C6H14OSi.FH/c1-8(2)6-4-3-5-7-8;/h3-6H2,1-2H3;1H. The zero-order valence-electron chi connectivity index (χ0n) is 6.14. The molecule has 1 heterocycles. The molecule has 0 radical (unpaired) electrons. The van der Waals surface area contributed by atoms with Gasteiger partial charge < -0.3 is 4.43 Å². The molecule has 0 atom stereocenters. The van der Waals surface area contributed by atoms with E-state index in [1.54, 1.807) is 0 Å². The number of halogens is 1. The highest BCUT2D eigenvalue weighted by Gasteiger charge is 2.24. The maximum Gasteiger partial charge on any atom is 0.186 e. The van der Waals surface area contributed by atoms with Crippen molar-refractivity contribution in [3.63, 3.8) is 0 Å². The largest absolute Gasteiger partial charge is 0.417 e. The number of rotatable bonds is 0. The molecule has 0 aromatic rings. The lowest BCUT2D eigenvalue weighted by Crippen LogP contribution is -2.33. The van der Waals surface area contributed by atoms with Crippen LogP contribution in [0.3, 0.4) is 0 Å². The molecule has 0 N–H and O–H groups in total. The van der Waals surface area contributed by atoms with E-state index in [0.717, 1.165) is 6.61 Å². The predicted molar refractivity (Wildman–Crippen MR) is 40.0 cm³/mol. The average molecular weight is 150 g/mol. The summed E-state index contributed by atoms with van der Waals surface area (Å²) in [6.07, 6.45) is 2.69. The molecule has 1 saturated heterocycles. The molecule has 3 heteroatoms. The number of hydrogen-bond donors (Lipinski definition) is 0. The Morgan fingerprint density at radius 3 is 2.11 bits per heavy atom. The van der Waals surface area contributed by atoms with Crippen molar-refractivity contribution in [1.82, 2.24) is 0 Å². The topological polar surface area (TPSA) is 9.23 Å². The summed E-state index contributed by atoms with van der Waals surface area (Å²) in [5.41, 5.74) is 0. The maximum atomic E-state index is 5.60. The van der Waals surface area contributed by atoms with Gasteiger partial charge in [0.15, 0.2) is 8.32 Å². The van der Waals surface area contributed by atoms with Gasteiger partial charge in [0.1, 0.15) is 0 Å². The van der Waals surface area contributed by atoms with Gasteiger partial charge in [-0.2, -0.15) is 0 Å². The third kappa shape index (κ3) is 2.96. The minimum absolute atomic E-state index is 0. The van der Waals surface area contributed by atoms with E-state index in [0.29, 0.717) is 0 Å². The van der Waals surface area contributed by atoms with E-state index in [1.807, 2.05) is 0 Å². The maximum absolute atomic E-state index is 5.60. The van der Waals surface area contributed by atoms with Crippen LogP contribution in [-0.2, 0) is 4.43 Å². The van der Waals surface area contributed by atoms with Crippen molar-refractivity contribution in [3.8, 4) is 0 Å². The van der Waals surface area contributed by atoms with E-state index in [2.05, 4.69) is 13.1 Å². The van der Waals surface area contributed by atoms with Crippen LogP contribution < -0.4 is 0 Å². The van der Waals surface area contributed by atoms with Gasteiger partial charge in [0.05, 0.1) is 0 Å². The van der Waals surface area contributed by atoms with Crippen LogP contribution in [-0.4, -0.2) is 14.9 Å². The molecule has 1 nitrogen and oxygen atoms in total. The summed E-state index contributed by atoms with van der Waals surface area (Å²) in [4.78, 5) is 0. The van der Waals surface area contributed by atoms with E-state index in [4.69, 9.17) is 4.43 Å². The summed E-state index contributed by atoms with van der Waals surface area (Å²) in [5, 5.41) is 0. The first-order valence-electron chi connectivity index (χ1n) is 3.35. The van der Waals surface area contributed by atoms with Gasteiger partial charge >= 0.3 is 0 Å². The van der Waals surface area contributed by atoms with Gasteiger partial charge in [-0.05, 0) is 25.6 Å². The Hall–Kier alpha value is 0.107. The normalized spacial score (nSPS) is 24.7. The third-order valence-corrected chi connectivity index (χ3v) is 4.21. The van der Waals surface area contributed by atoms with Gasteiger partial charge in [0.2, 0.25) is 0 Å². The van der Waals surface area contributed by atoms with Gasteiger partial charge in [-0.1, -0.05) is 6.42 Å². The molecular weight excluding hydrogens is 135 g/mol. The van der Waals surface area contributed by atoms with Crippen molar-refractivity contribution in [1.29, 1.82) is 0 Å². The number of hydrogen-bond acceptors (Lipinski definition) is 1. The van der Waals surface area contributed by atoms with Gasteiger partial charge in [-0.3, -0.25) is 4.70 Å². The fourth-order valence-corrected chi connectivity index (χ4v) is 3.02. The molecule has 0 bridgehead atoms. The third-order valence-electron chi connectivity index (χ3n) is 1.67. The van der Waals surface area contributed by atoms with Crippen LogP contribution in [0.4, 0.5) is 4.70 Å². The Kier molecular flexibility index (Phi) is 3.36. The minimum Gasteiger partial charge on any atom is -0.417 e. The molecule has 56 valence electrons. The van der Waals surface area contributed by atoms with Crippen molar-refractivity contribution < 1.29 is 9.13 Å². The highest BCUT2D eigenvalue weighted by molar-refractivity contribution is 6.71. The van der Waals surface area contributed by atoms with Gasteiger partial charge in [0, 0.05) is 6.61 Å². The van der Waals surface area contributed by atoms with Gasteiger partial charge in [-0.15, -0.1) is 0 Å². The highest BCUT2D eigenvalue weighted by Crippen LogP contribution is 2.20. The van der Waals surface area contributed by atoms with Crippen molar-refractivity contribution in [2.24, 2.45) is 0 Å². The van der Waals surface area contributed by atoms with E-state index < -0.39 is 8.32 Å². The lowest BCUT2D eigenvalue weighted by Gasteiger charge is -2.27. The molecule has 1 fully saturated rings. The summed E-state index contributed by atoms with van der Waals surface area (Å²) < 4.78 is 5.60. The van der Waals surface area contributed by atoms with E-state index in [1.165, 1.54) is 18.9 Å². The summed E-state index contributed by atoms with van der Waals surface area (Å²) in [5.74, 6) is 0. The molecular formula is C6H15FOSi. The average Bonchev–Trinajstić information content (AvgIpc) is 1.65. The fourth-order valence-electron chi connectivity index (χ4n) is 1.07. The first kappa shape index (κ1) is 9.11. The van der Waals surface area contributed by atoms with E-state index in [9.17, 15) is 0 Å². The van der Waals surface area contributed by atoms with Crippen LogP contribution >= 0.6 is 0 Å². The molecule has 9 heavy (non-hydrogen) atoms. The molecule has 0 aromatic carbocycles. The SMILES string of the molecule is C[Si]1(C)CCCCO1.F. The molecule has 0 aromatic heterocycles. The van der Waals surface area contributed by atoms with Crippen LogP contribution in [0.2, 0.25) is 19.1 Å². The quantitative estimate of drug-likeness (QED) is 0.481. The molecule has 1 rings (SSSR count). The van der Waals surface area contributed by atoms with Gasteiger partial charge in [-0.25, -0.2) is 0 Å². The van der Waals surface area contributed by atoms with E-state index >= 15 is 0 Å². The molecule has 0 spiro atoms. The Morgan fingerprint density at radius 2 is 1.89 bits per heavy atom.